The smallest absolute Gasteiger partial charge is 0.300 e. The minimum Gasteiger partial charge on any atom is -0.507 e. The van der Waals surface area contributed by atoms with Gasteiger partial charge in [0, 0.05) is 17.4 Å². The molecule has 2 heterocycles. The highest BCUT2D eigenvalue weighted by atomic mass is 16.5. The van der Waals surface area contributed by atoms with Gasteiger partial charge in [-0.1, -0.05) is 31.5 Å². The number of hydrogen-bond acceptors (Lipinski definition) is 5. The average Bonchev–Trinajstić information content (AvgIpc) is 3.14. The summed E-state index contributed by atoms with van der Waals surface area (Å²) in [4.78, 5) is 32.5. The molecule has 2 aromatic carbocycles. The Balaban J connectivity index is 1.81. The van der Waals surface area contributed by atoms with Gasteiger partial charge >= 0.3 is 0 Å². The zero-order chi connectivity index (χ0) is 25.8. The average molecular weight is 485 g/mol. The summed E-state index contributed by atoms with van der Waals surface area (Å²) < 4.78 is 5.81. The SMILES string of the molecule is CCCCc1ccc(N2C(=O)C(=O)/C(=C(\O)c3ccc(OC(C)C)c(C)c3)C2c2ccccn2)cc1. The molecule has 4 rings (SSSR count). The zero-order valence-electron chi connectivity index (χ0n) is 21.2. The van der Waals surface area contributed by atoms with Crippen LogP contribution in [0.25, 0.3) is 5.76 Å². The second-order valence-electron chi connectivity index (χ2n) is 9.34. The lowest BCUT2D eigenvalue weighted by atomic mass is 9.97. The summed E-state index contributed by atoms with van der Waals surface area (Å²) >= 11 is 0. The van der Waals surface area contributed by atoms with Gasteiger partial charge in [0.15, 0.2) is 0 Å². The molecule has 1 unspecified atom stereocenters. The van der Waals surface area contributed by atoms with Crippen molar-refractivity contribution in [2.45, 2.75) is 59.1 Å². The number of aromatic nitrogens is 1. The zero-order valence-corrected chi connectivity index (χ0v) is 21.2. The van der Waals surface area contributed by atoms with Crippen molar-refractivity contribution in [1.29, 1.82) is 0 Å². The maximum Gasteiger partial charge on any atom is 0.300 e. The maximum absolute atomic E-state index is 13.3. The van der Waals surface area contributed by atoms with Gasteiger partial charge in [0.25, 0.3) is 11.7 Å². The lowest BCUT2D eigenvalue weighted by molar-refractivity contribution is -0.132. The van der Waals surface area contributed by atoms with E-state index in [4.69, 9.17) is 4.74 Å². The minimum atomic E-state index is -0.848. The lowest BCUT2D eigenvalue weighted by Crippen LogP contribution is -2.29. The molecule has 36 heavy (non-hydrogen) atoms. The molecule has 0 spiro atoms. The third-order valence-electron chi connectivity index (χ3n) is 6.26. The Morgan fingerprint density at radius 1 is 1.08 bits per heavy atom. The standard InChI is InChI=1S/C30H32N2O4/c1-5-6-9-21-11-14-23(15-12-21)32-27(24-10-7-8-17-31-24)26(29(34)30(32)35)28(33)22-13-16-25(20(4)18-22)36-19(2)3/h7-8,10-19,27,33H,5-6,9H2,1-4H3/b28-26-. The van der Waals surface area contributed by atoms with Crippen molar-refractivity contribution in [1.82, 2.24) is 4.98 Å². The number of nitrogens with zero attached hydrogens (tertiary/aromatic N) is 2. The highest BCUT2D eigenvalue weighted by molar-refractivity contribution is 6.51. The highest BCUT2D eigenvalue weighted by Gasteiger charge is 2.47. The first-order chi connectivity index (χ1) is 17.3. The maximum atomic E-state index is 13.3. The van der Waals surface area contributed by atoms with Crippen LogP contribution in [0.3, 0.4) is 0 Å². The van der Waals surface area contributed by atoms with E-state index in [0.717, 1.165) is 24.8 Å². The van der Waals surface area contributed by atoms with Gasteiger partial charge in [0.05, 0.1) is 17.4 Å². The molecule has 6 nitrogen and oxygen atoms in total. The molecule has 0 radical (unpaired) electrons. The summed E-state index contributed by atoms with van der Waals surface area (Å²) in [5.74, 6) is -0.958. The number of Topliss-reactive ketones (excluding diaryl/α,β-unsaturated/α-hetero) is 1. The van der Waals surface area contributed by atoms with E-state index < -0.39 is 17.7 Å². The number of aliphatic hydroxyl groups is 1. The number of carbonyl (C=O) groups excluding carboxylic acids is 2. The molecule has 1 N–H and O–H groups in total. The summed E-state index contributed by atoms with van der Waals surface area (Å²) in [5.41, 5.74) is 3.54. The van der Waals surface area contributed by atoms with Gasteiger partial charge in [-0.25, -0.2) is 0 Å². The minimum absolute atomic E-state index is 0.00554. The van der Waals surface area contributed by atoms with Crippen LogP contribution in [-0.4, -0.2) is 27.9 Å². The van der Waals surface area contributed by atoms with E-state index in [0.29, 0.717) is 22.7 Å². The predicted molar refractivity (Wildman–Crippen MR) is 141 cm³/mol. The molecule has 1 aliphatic rings. The summed E-state index contributed by atoms with van der Waals surface area (Å²) in [5, 5.41) is 11.4. The Bertz CT molecular complexity index is 1280. The summed E-state index contributed by atoms with van der Waals surface area (Å²) in [6.07, 6.45) is 4.75. The van der Waals surface area contributed by atoms with Gasteiger partial charge in [0.1, 0.15) is 17.6 Å². The number of unbranched alkanes of at least 4 members (excludes halogenated alkanes) is 1. The fraction of sp³-hybridized carbons (Fsp3) is 0.300. The van der Waals surface area contributed by atoms with E-state index in [1.165, 1.54) is 10.5 Å². The van der Waals surface area contributed by atoms with Crippen molar-refractivity contribution < 1.29 is 19.4 Å². The van der Waals surface area contributed by atoms with Crippen LogP contribution in [0.15, 0.2) is 72.4 Å². The van der Waals surface area contributed by atoms with E-state index >= 15 is 0 Å². The quantitative estimate of drug-likeness (QED) is 0.236. The lowest BCUT2D eigenvalue weighted by Gasteiger charge is -2.25. The Hall–Kier alpha value is -3.93. The van der Waals surface area contributed by atoms with Crippen molar-refractivity contribution in [2.75, 3.05) is 4.90 Å². The van der Waals surface area contributed by atoms with E-state index in [2.05, 4.69) is 11.9 Å². The molecule has 1 amide bonds. The van der Waals surface area contributed by atoms with Gasteiger partial charge in [-0.2, -0.15) is 0 Å². The molecule has 1 fully saturated rings. The summed E-state index contributed by atoms with van der Waals surface area (Å²) in [6.45, 7) is 7.91. The molecule has 1 atom stereocenters. The number of ketones is 1. The van der Waals surface area contributed by atoms with Crippen LogP contribution < -0.4 is 9.64 Å². The van der Waals surface area contributed by atoms with Gasteiger partial charge < -0.3 is 9.84 Å². The van der Waals surface area contributed by atoms with Gasteiger partial charge in [-0.15, -0.1) is 0 Å². The number of benzene rings is 2. The monoisotopic (exact) mass is 484 g/mol. The van der Waals surface area contributed by atoms with Crippen LogP contribution in [0.5, 0.6) is 5.75 Å². The molecule has 3 aromatic rings. The number of carbonyl (C=O) groups is 2. The van der Waals surface area contributed by atoms with E-state index in [-0.39, 0.29) is 17.4 Å². The molecule has 1 aromatic heterocycles. The van der Waals surface area contributed by atoms with Crippen molar-refractivity contribution in [3.63, 3.8) is 0 Å². The number of aryl methyl sites for hydroxylation is 2. The molecule has 0 bridgehead atoms. The molecule has 1 saturated heterocycles. The van der Waals surface area contributed by atoms with Crippen LogP contribution in [0.4, 0.5) is 5.69 Å². The van der Waals surface area contributed by atoms with Gasteiger partial charge in [-0.3, -0.25) is 19.5 Å². The molecular formula is C30H32N2O4. The van der Waals surface area contributed by atoms with Gasteiger partial charge in [0.2, 0.25) is 0 Å². The van der Waals surface area contributed by atoms with Gasteiger partial charge in [-0.05, 0) is 87.2 Å². The largest absolute Gasteiger partial charge is 0.507 e. The van der Waals surface area contributed by atoms with Crippen LogP contribution in [0, 0.1) is 6.92 Å². The van der Waals surface area contributed by atoms with Crippen LogP contribution in [0.1, 0.15) is 62.0 Å². The Kier molecular flexibility index (Phi) is 7.53. The normalized spacial score (nSPS) is 17.1. The molecule has 0 aliphatic carbocycles. The third kappa shape index (κ3) is 5.03. The highest BCUT2D eigenvalue weighted by Crippen LogP contribution is 2.41. The number of rotatable bonds is 8. The summed E-state index contributed by atoms with van der Waals surface area (Å²) in [6, 6.07) is 17.4. The van der Waals surface area contributed by atoms with E-state index in [9.17, 15) is 14.7 Å². The number of pyridine rings is 1. The first kappa shape index (κ1) is 25.2. The topological polar surface area (TPSA) is 79.7 Å². The first-order valence-corrected chi connectivity index (χ1v) is 12.4. The number of aliphatic hydroxyl groups excluding tert-OH is 1. The Morgan fingerprint density at radius 2 is 1.83 bits per heavy atom. The Morgan fingerprint density at radius 3 is 2.44 bits per heavy atom. The number of ether oxygens (including phenoxy) is 1. The van der Waals surface area contributed by atoms with E-state index in [1.54, 1.807) is 42.6 Å². The summed E-state index contributed by atoms with van der Waals surface area (Å²) in [7, 11) is 0. The molecule has 6 heteroatoms. The molecule has 1 aliphatic heterocycles. The molecule has 186 valence electrons. The van der Waals surface area contributed by atoms with Crippen molar-refractivity contribution in [2.24, 2.45) is 0 Å². The third-order valence-corrected chi connectivity index (χ3v) is 6.26. The number of anilines is 1. The number of amides is 1. The van der Waals surface area contributed by atoms with Crippen molar-refractivity contribution in [3.05, 3.63) is 94.8 Å². The van der Waals surface area contributed by atoms with Crippen LogP contribution in [-0.2, 0) is 16.0 Å². The number of hydrogen-bond donors (Lipinski definition) is 1. The van der Waals surface area contributed by atoms with Crippen molar-refractivity contribution >= 4 is 23.1 Å². The second kappa shape index (κ2) is 10.8. The fourth-order valence-electron chi connectivity index (χ4n) is 4.46. The predicted octanol–water partition coefficient (Wildman–Crippen LogP) is 6.15. The second-order valence-corrected chi connectivity index (χ2v) is 9.34. The van der Waals surface area contributed by atoms with Crippen LogP contribution >= 0.6 is 0 Å². The fourth-order valence-corrected chi connectivity index (χ4v) is 4.46. The van der Waals surface area contributed by atoms with E-state index in [1.807, 2.05) is 45.0 Å². The van der Waals surface area contributed by atoms with Crippen molar-refractivity contribution in [3.8, 4) is 5.75 Å². The first-order valence-electron chi connectivity index (χ1n) is 12.4. The molecular weight excluding hydrogens is 452 g/mol. The van der Waals surface area contributed by atoms with Crippen LogP contribution in [0.2, 0.25) is 0 Å². The Labute approximate surface area is 212 Å². The molecule has 0 saturated carbocycles.